The molecular weight excluding hydrogens is 438 g/mol. The maximum atomic E-state index is 12.9. The van der Waals surface area contributed by atoms with Crippen LogP contribution < -0.4 is 9.80 Å². The van der Waals surface area contributed by atoms with Crippen molar-refractivity contribution >= 4 is 33.7 Å². The summed E-state index contributed by atoms with van der Waals surface area (Å²) in [5.74, 6) is 0.603. The maximum absolute atomic E-state index is 12.9. The van der Waals surface area contributed by atoms with Gasteiger partial charge in [0.25, 0.3) is 6.43 Å². The Morgan fingerprint density at radius 1 is 1.12 bits per heavy atom. The van der Waals surface area contributed by atoms with Gasteiger partial charge in [-0.2, -0.15) is 0 Å². The average molecular weight is 463 g/mol. The number of halogens is 2. The third-order valence-corrected chi connectivity index (χ3v) is 7.04. The number of nitrogens with zero attached hydrogens (tertiary/aromatic N) is 6. The van der Waals surface area contributed by atoms with Gasteiger partial charge in [0, 0.05) is 48.6 Å². The molecule has 170 valence electrons. The average Bonchev–Trinajstić information content (AvgIpc) is 3.34. The molecule has 2 atom stereocenters. The lowest BCUT2D eigenvalue weighted by molar-refractivity contribution is 0.0961. The fourth-order valence-electron chi connectivity index (χ4n) is 4.41. The standard InChI is InChI=1S/C21H24F2N6O2S/c22-19(23)17-12-32-21(24-17)18(30)13-2-1-5-29(11-13)20-15-4-3-14(10-16(15)25-27-26-20)28-6-8-31-9-7-28/h3-4,10,12-13,18-19,30H,1-2,5-9,11H2/t13-,18+/m0/s1. The summed E-state index contributed by atoms with van der Waals surface area (Å²) < 4.78 is 31.2. The van der Waals surface area contributed by atoms with E-state index in [0.717, 1.165) is 66.2 Å². The summed E-state index contributed by atoms with van der Waals surface area (Å²) in [6.45, 7) is 4.42. The molecular formula is C21H24F2N6O2S. The topological polar surface area (TPSA) is 87.5 Å². The van der Waals surface area contributed by atoms with Gasteiger partial charge in [0.05, 0.1) is 13.2 Å². The first kappa shape index (κ1) is 21.4. The first-order chi connectivity index (χ1) is 15.6. The van der Waals surface area contributed by atoms with E-state index in [2.05, 4.69) is 36.3 Å². The van der Waals surface area contributed by atoms with E-state index < -0.39 is 12.5 Å². The molecule has 1 N–H and O–H groups in total. The summed E-state index contributed by atoms with van der Waals surface area (Å²) in [5, 5.41) is 25.9. The predicted octanol–water partition coefficient (Wildman–Crippen LogP) is 3.21. The summed E-state index contributed by atoms with van der Waals surface area (Å²) in [4.78, 5) is 8.30. The first-order valence-corrected chi connectivity index (χ1v) is 11.6. The van der Waals surface area contributed by atoms with Gasteiger partial charge in [-0.3, -0.25) is 0 Å². The Morgan fingerprint density at radius 2 is 1.97 bits per heavy atom. The van der Waals surface area contributed by atoms with Crippen LogP contribution in [-0.2, 0) is 4.74 Å². The van der Waals surface area contributed by atoms with Crippen LogP contribution >= 0.6 is 11.3 Å². The Hall–Kier alpha value is -2.50. The van der Waals surface area contributed by atoms with Gasteiger partial charge in [0.15, 0.2) is 5.82 Å². The second-order valence-corrected chi connectivity index (χ2v) is 9.01. The van der Waals surface area contributed by atoms with E-state index >= 15 is 0 Å². The number of hydrogen-bond acceptors (Lipinski definition) is 9. The Bertz CT molecular complexity index is 1080. The van der Waals surface area contributed by atoms with Gasteiger partial charge in [-0.25, -0.2) is 13.8 Å². The fourth-order valence-corrected chi connectivity index (χ4v) is 5.30. The molecule has 0 amide bonds. The zero-order valence-corrected chi connectivity index (χ0v) is 18.2. The number of anilines is 2. The SMILES string of the molecule is O[C@@H](c1nc(C(F)F)cs1)[C@H]1CCCN(c2nnnc3cc(N4CCOCC4)ccc23)C1. The van der Waals surface area contributed by atoms with Crippen LogP contribution in [0.3, 0.4) is 0 Å². The largest absolute Gasteiger partial charge is 0.386 e. The first-order valence-electron chi connectivity index (χ1n) is 10.7. The van der Waals surface area contributed by atoms with Crippen LogP contribution in [0, 0.1) is 5.92 Å². The minimum absolute atomic E-state index is 0.127. The Morgan fingerprint density at radius 3 is 2.75 bits per heavy atom. The molecule has 2 aliphatic heterocycles. The fraction of sp³-hybridized carbons (Fsp3) is 0.524. The van der Waals surface area contributed by atoms with Gasteiger partial charge in [-0.05, 0) is 36.3 Å². The quantitative estimate of drug-likeness (QED) is 0.619. The van der Waals surface area contributed by atoms with Gasteiger partial charge in [0.2, 0.25) is 0 Å². The van der Waals surface area contributed by atoms with Crippen molar-refractivity contribution in [2.45, 2.75) is 25.4 Å². The lowest BCUT2D eigenvalue weighted by Crippen LogP contribution is -2.38. The number of aliphatic hydroxyl groups excluding tert-OH is 1. The van der Waals surface area contributed by atoms with E-state index in [1.165, 1.54) is 5.38 Å². The van der Waals surface area contributed by atoms with Gasteiger partial charge >= 0.3 is 0 Å². The highest BCUT2D eigenvalue weighted by atomic mass is 32.1. The predicted molar refractivity (Wildman–Crippen MR) is 117 cm³/mol. The monoisotopic (exact) mass is 462 g/mol. The van der Waals surface area contributed by atoms with E-state index in [4.69, 9.17) is 4.74 Å². The number of fused-ring (bicyclic) bond motifs is 1. The Balaban J connectivity index is 1.37. The van der Waals surface area contributed by atoms with Crippen molar-refractivity contribution in [1.82, 2.24) is 20.4 Å². The van der Waals surface area contributed by atoms with Gasteiger partial charge < -0.3 is 19.6 Å². The molecule has 1 aromatic carbocycles. The van der Waals surface area contributed by atoms with E-state index in [1.54, 1.807) is 0 Å². The van der Waals surface area contributed by atoms with E-state index in [0.29, 0.717) is 24.8 Å². The van der Waals surface area contributed by atoms with E-state index in [-0.39, 0.29) is 11.6 Å². The Labute approximate surface area is 187 Å². The van der Waals surface area contributed by atoms with Crippen molar-refractivity contribution in [1.29, 1.82) is 0 Å². The number of alkyl halides is 2. The van der Waals surface area contributed by atoms with Crippen LogP contribution in [0.4, 0.5) is 20.3 Å². The van der Waals surface area contributed by atoms with Crippen molar-refractivity contribution < 1.29 is 18.6 Å². The smallest absolute Gasteiger partial charge is 0.281 e. The summed E-state index contributed by atoms with van der Waals surface area (Å²) in [5.41, 5.74) is 1.57. The maximum Gasteiger partial charge on any atom is 0.281 e. The number of aromatic nitrogens is 4. The van der Waals surface area contributed by atoms with Crippen molar-refractivity contribution in [3.05, 3.63) is 34.3 Å². The number of piperidine rings is 1. The van der Waals surface area contributed by atoms with Gasteiger partial charge in [-0.1, -0.05) is 0 Å². The van der Waals surface area contributed by atoms with Crippen LogP contribution in [0.5, 0.6) is 0 Å². The number of thiazole rings is 1. The molecule has 0 unspecified atom stereocenters. The molecule has 0 radical (unpaired) electrons. The number of rotatable bonds is 5. The summed E-state index contributed by atoms with van der Waals surface area (Å²) in [6.07, 6.45) is -1.87. The highest BCUT2D eigenvalue weighted by Crippen LogP contribution is 2.35. The highest BCUT2D eigenvalue weighted by molar-refractivity contribution is 7.09. The molecule has 0 spiro atoms. The molecule has 11 heteroatoms. The number of aliphatic hydroxyl groups is 1. The lowest BCUT2D eigenvalue weighted by atomic mass is 9.92. The third-order valence-electron chi connectivity index (χ3n) is 6.11. The number of morpholine rings is 1. The summed E-state index contributed by atoms with van der Waals surface area (Å²) >= 11 is 1.08. The van der Waals surface area contributed by atoms with Crippen LogP contribution in [0.15, 0.2) is 23.6 Å². The van der Waals surface area contributed by atoms with Crippen molar-refractivity contribution in [3.8, 4) is 0 Å². The molecule has 4 heterocycles. The summed E-state index contributed by atoms with van der Waals surface area (Å²) in [7, 11) is 0. The molecule has 0 aliphatic carbocycles. The van der Waals surface area contributed by atoms with Crippen molar-refractivity contribution in [3.63, 3.8) is 0 Å². The molecule has 0 saturated carbocycles. The van der Waals surface area contributed by atoms with Crippen LogP contribution in [-0.4, -0.2) is 64.9 Å². The molecule has 3 aromatic rings. The number of ether oxygens (including phenoxy) is 1. The normalized spacial score (nSPS) is 20.8. The second kappa shape index (κ2) is 9.16. The summed E-state index contributed by atoms with van der Waals surface area (Å²) in [6, 6.07) is 6.11. The molecule has 2 aliphatic rings. The lowest BCUT2D eigenvalue weighted by Gasteiger charge is -2.35. The van der Waals surface area contributed by atoms with E-state index in [9.17, 15) is 13.9 Å². The number of benzene rings is 1. The zero-order chi connectivity index (χ0) is 22.1. The number of hydrogen-bond donors (Lipinski definition) is 1. The van der Waals surface area contributed by atoms with Crippen molar-refractivity contribution in [2.75, 3.05) is 49.2 Å². The Kier molecular flexibility index (Phi) is 6.11. The molecule has 2 saturated heterocycles. The molecule has 0 bridgehead atoms. The van der Waals surface area contributed by atoms with Crippen LogP contribution in [0.2, 0.25) is 0 Å². The molecule has 5 rings (SSSR count). The van der Waals surface area contributed by atoms with Crippen LogP contribution in [0.25, 0.3) is 10.9 Å². The molecule has 32 heavy (non-hydrogen) atoms. The molecule has 8 nitrogen and oxygen atoms in total. The highest BCUT2D eigenvalue weighted by Gasteiger charge is 2.31. The third kappa shape index (κ3) is 4.24. The zero-order valence-electron chi connectivity index (χ0n) is 17.4. The molecule has 2 fully saturated rings. The van der Waals surface area contributed by atoms with Crippen LogP contribution in [0.1, 0.15) is 36.1 Å². The van der Waals surface area contributed by atoms with Crippen molar-refractivity contribution in [2.24, 2.45) is 5.92 Å². The minimum atomic E-state index is -2.63. The second-order valence-electron chi connectivity index (χ2n) is 8.12. The van der Waals surface area contributed by atoms with Gasteiger partial charge in [0.1, 0.15) is 22.3 Å². The van der Waals surface area contributed by atoms with E-state index in [1.807, 2.05) is 12.1 Å². The minimum Gasteiger partial charge on any atom is -0.386 e. The van der Waals surface area contributed by atoms with Gasteiger partial charge in [-0.15, -0.1) is 21.5 Å². The molecule has 2 aromatic heterocycles.